The lowest BCUT2D eigenvalue weighted by atomic mass is 10.3. The molecule has 0 unspecified atom stereocenters. The number of esters is 1. The quantitative estimate of drug-likeness (QED) is 0.403. The van der Waals surface area contributed by atoms with Crippen molar-refractivity contribution in [1.29, 1.82) is 0 Å². The van der Waals surface area contributed by atoms with Gasteiger partial charge in [0.05, 0.1) is 13.2 Å². The minimum atomic E-state index is -0.475. The minimum Gasteiger partial charge on any atom is -0.466 e. The van der Waals surface area contributed by atoms with E-state index in [0.717, 1.165) is 12.8 Å². The molecule has 0 saturated carbocycles. The summed E-state index contributed by atoms with van der Waals surface area (Å²) in [6, 6.07) is -0.475. The van der Waals surface area contributed by atoms with Gasteiger partial charge in [0.2, 0.25) is 5.91 Å². The Hall–Kier alpha value is -1.63. The van der Waals surface area contributed by atoms with Gasteiger partial charge in [0, 0.05) is 13.0 Å². The van der Waals surface area contributed by atoms with Crippen molar-refractivity contribution < 1.29 is 19.1 Å². The molecule has 0 aliphatic carbocycles. The van der Waals surface area contributed by atoms with Crippen LogP contribution in [0.1, 0.15) is 39.5 Å². The summed E-state index contributed by atoms with van der Waals surface area (Å²) in [5, 5.41) is 7.66. The molecule has 0 atom stereocenters. The maximum atomic E-state index is 11.4. The van der Waals surface area contributed by atoms with Crippen LogP contribution in [0.4, 0.5) is 4.79 Å². The van der Waals surface area contributed by atoms with Gasteiger partial charge >= 0.3 is 12.0 Å². The summed E-state index contributed by atoms with van der Waals surface area (Å²) in [6.07, 6.45) is 2.78. The van der Waals surface area contributed by atoms with Crippen LogP contribution in [0.2, 0.25) is 0 Å². The summed E-state index contributed by atoms with van der Waals surface area (Å²) in [6.45, 7) is 5.27. The molecule has 0 aliphatic rings. The maximum Gasteiger partial charge on any atom is 0.321 e. The third-order valence-corrected chi connectivity index (χ3v) is 2.39. The first kappa shape index (κ1) is 18.4. The lowest BCUT2D eigenvalue weighted by molar-refractivity contribution is -0.143. The second kappa shape index (κ2) is 12.4. The predicted octanol–water partition coefficient (Wildman–Crippen LogP) is 0.545. The number of hydrogen-bond donors (Lipinski definition) is 3. The van der Waals surface area contributed by atoms with E-state index in [1.807, 2.05) is 6.92 Å². The Balaban J connectivity index is 3.49. The summed E-state index contributed by atoms with van der Waals surface area (Å²) in [5.74, 6) is -0.635. The van der Waals surface area contributed by atoms with Crippen LogP contribution in [0.15, 0.2) is 0 Å². The fraction of sp³-hybridized carbons (Fsp3) is 0.769. The molecule has 7 heteroatoms. The molecular formula is C13H25N3O4. The monoisotopic (exact) mass is 287 g/mol. The standard InChI is InChI=1S/C13H25N3O4/c1-3-5-9-15-13(19)16-11(17)10-14-8-6-7-12(18)20-4-2/h14H,3-10H2,1-2H3,(H2,15,16,17,19). The normalized spacial score (nSPS) is 9.90. The highest BCUT2D eigenvalue weighted by Gasteiger charge is 2.06. The first-order chi connectivity index (χ1) is 9.60. The number of ether oxygens (including phenoxy) is 1. The van der Waals surface area contributed by atoms with Gasteiger partial charge in [-0.05, 0) is 26.3 Å². The van der Waals surface area contributed by atoms with E-state index >= 15 is 0 Å². The summed E-state index contributed by atoms with van der Waals surface area (Å²) < 4.78 is 4.77. The van der Waals surface area contributed by atoms with Crippen LogP contribution in [0.3, 0.4) is 0 Å². The second-order valence-corrected chi connectivity index (χ2v) is 4.24. The van der Waals surface area contributed by atoms with Crippen molar-refractivity contribution in [3.05, 3.63) is 0 Å². The number of urea groups is 1. The van der Waals surface area contributed by atoms with Crippen molar-refractivity contribution >= 4 is 17.9 Å². The Kier molecular flexibility index (Phi) is 11.4. The van der Waals surface area contributed by atoms with Gasteiger partial charge in [0.15, 0.2) is 0 Å². The lowest BCUT2D eigenvalue weighted by Gasteiger charge is -2.07. The van der Waals surface area contributed by atoms with Crippen LogP contribution in [0, 0.1) is 0 Å². The fourth-order valence-corrected chi connectivity index (χ4v) is 1.39. The van der Waals surface area contributed by atoms with E-state index in [2.05, 4.69) is 16.0 Å². The Labute approximate surface area is 119 Å². The SMILES string of the molecule is CCCCNC(=O)NC(=O)CNCCCC(=O)OCC. The van der Waals surface area contributed by atoms with E-state index in [4.69, 9.17) is 4.74 Å². The molecule has 0 aromatic rings. The van der Waals surface area contributed by atoms with Gasteiger partial charge < -0.3 is 15.4 Å². The van der Waals surface area contributed by atoms with Crippen molar-refractivity contribution in [2.75, 3.05) is 26.2 Å². The molecule has 0 aromatic carbocycles. The number of nitrogens with one attached hydrogen (secondary N) is 3. The van der Waals surface area contributed by atoms with Gasteiger partial charge in [-0.15, -0.1) is 0 Å². The van der Waals surface area contributed by atoms with Crippen molar-refractivity contribution in [3.63, 3.8) is 0 Å². The number of carbonyl (C=O) groups is 3. The third-order valence-electron chi connectivity index (χ3n) is 2.39. The van der Waals surface area contributed by atoms with E-state index in [0.29, 0.717) is 32.5 Å². The number of carbonyl (C=O) groups excluding carboxylic acids is 3. The molecule has 3 amide bonds. The van der Waals surface area contributed by atoms with Crippen LogP contribution < -0.4 is 16.0 Å². The van der Waals surface area contributed by atoms with Crippen LogP contribution in [-0.4, -0.2) is 44.1 Å². The predicted molar refractivity (Wildman–Crippen MR) is 75.2 cm³/mol. The maximum absolute atomic E-state index is 11.4. The topological polar surface area (TPSA) is 96.5 Å². The van der Waals surface area contributed by atoms with Crippen LogP contribution in [-0.2, 0) is 14.3 Å². The van der Waals surface area contributed by atoms with Crippen molar-refractivity contribution in [2.24, 2.45) is 0 Å². The van der Waals surface area contributed by atoms with Gasteiger partial charge in [0.1, 0.15) is 0 Å². The van der Waals surface area contributed by atoms with Crippen LogP contribution in [0.5, 0.6) is 0 Å². The smallest absolute Gasteiger partial charge is 0.321 e. The molecule has 0 radical (unpaired) electrons. The highest BCUT2D eigenvalue weighted by molar-refractivity contribution is 5.95. The van der Waals surface area contributed by atoms with Gasteiger partial charge in [0.25, 0.3) is 0 Å². The summed E-state index contributed by atoms with van der Waals surface area (Å²) in [4.78, 5) is 33.6. The molecule has 7 nitrogen and oxygen atoms in total. The molecule has 0 aliphatic heterocycles. The Morgan fingerprint density at radius 1 is 1.05 bits per heavy atom. The van der Waals surface area contributed by atoms with Crippen molar-refractivity contribution in [1.82, 2.24) is 16.0 Å². The zero-order valence-corrected chi connectivity index (χ0v) is 12.3. The average molecular weight is 287 g/mol. The average Bonchev–Trinajstić information content (AvgIpc) is 2.39. The summed E-state index contributed by atoms with van der Waals surface area (Å²) in [7, 11) is 0. The molecule has 0 fully saturated rings. The largest absolute Gasteiger partial charge is 0.466 e. The van der Waals surface area contributed by atoms with E-state index in [1.54, 1.807) is 6.92 Å². The second-order valence-electron chi connectivity index (χ2n) is 4.24. The Morgan fingerprint density at radius 3 is 2.45 bits per heavy atom. The highest BCUT2D eigenvalue weighted by Crippen LogP contribution is 1.90. The summed E-state index contributed by atoms with van der Waals surface area (Å²) in [5.41, 5.74) is 0. The van der Waals surface area contributed by atoms with Crippen LogP contribution in [0.25, 0.3) is 0 Å². The number of amides is 3. The zero-order valence-electron chi connectivity index (χ0n) is 12.3. The highest BCUT2D eigenvalue weighted by atomic mass is 16.5. The summed E-state index contributed by atoms with van der Waals surface area (Å²) >= 11 is 0. The Morgan fingerprint density at radius 2 is 1.80 bits per heavy atom. The minimum absolute atomic E-state index is 0.0457. The molecule has 3 N–H and O–H groups in total. The zero-order chi connectivity index (χ0) is 15.2. The molecule has 0 bridgehead atoms. The van der Waals surface area contributed by atoms with E-state index in [9.17, 15) is 14.4 Å². The molecule has 0 saturated heterocycles. The molecule has 0 aromatic heterocycles. The number of hydrogen-bond acceptors (Lipinski definition) is 5. The lowest BCUT2D eigenvalue weighted by Crippen LogP contribution is -2.43. The third kappa shape index (κ3) is 11.5. The Bertz CT molecular complexity index is 308. The molecule has 0 spiro atoms. The van der Waals surface area contributed by atoms with Crippen molar-refractivity contribution in [3.8, 4) is 0 Å². The molecule has 0 heterocycles. The number of unbranched alkanes of at least 4 members (excludes halogenated alkanes) is 1. The molecule has 20 heavy (non-hydrogen) atoms. The van der Waals surface area contributed by atoms with E-state index < -0.39 is 11.9 Å². The van der Waals surface area contributed by atoms with E-state index in [-0.39, 0.29) is 12.5 Å². The van der Waals surface area contributed by atoms with Gasteiger partial charge in [-0.3, -0.25) is 14.9 Å². The molecular weight excluding hydrogens is 262 g/mol. The van der Waals surface area contributed by atoms with Gasteiger partial charge in [-0.1, -0.05) is 13.3 Å². The van der Waals surface area contributed by atoms with Crippen LogP contribution >= 0.6 is 0 Å². The molecule has 0 rings (SSSR count). The number of imide groups is 1. The van der Waals surface area contributed by atoms with E-state index in [1.165, 1.54) is 0 Å². The first-order valence-corrected chi connectivity index (χ1v) is 7.04. The first-order valence-electron chi connectivity index (χ1n) is 7.04. The number of rotatable bonds is 10. The van der Waals surface area contributed by atoms with Gasteiger partial charge in [-0.25, -0.2) is 4.79 Å². The molecule has 116 valence electrons. The van der Waals surface area contributed by atoms with Crippen molar-refractivity contribution in [2.45, 2.75) is 39.5 Å². The fourth-order valence-electron chi connectivity index (χ4n) is 1.39. The van der Waals surface area contributed by atoms with Gasteiger partial charge in [-0.2, -0.15) is 0 Å².